The number of fused-ring (bicyclic) bond motifs is 4. The van der Waals surface area contributed by atoms with E-state index in [1.54, 1.807) is 30.3 Å². The SMILES string of the molecule is C#Cc1c(F)ccc2cccc(-c3ncc4c(N(C)C5CCN(C(=O)/C=C/CN6C7CC[C@@H]6COC7)C5)nc(OC)nc4c3F)c12. The Morgan fingerprint density at radius 1 is 1.17 bits per heavy atom. The molecular weight excluding hydrogens is 590 g/mol. The minimum Gasteiger partial charge on any atom is -0.467 e. The van der Waals surface area contributed by atoms with E-state index in [-0.39, 0.29) is 34.7 Å². The van der Waals surface area contributed by atoms with Crippen LogP contribution in [0.1, 0.15) is 24.8 Å². The van der Waals surface area contributed by atoms with Crippen LogP contribution in [-0.2, 0) is 9.53 Å². The van der Waals surface area contributed by atoms with Gasteiger partial charge in [0.15, 0.2) is 5.82 Å². The molecule has 5 heterocycles. The molecule has 0 radical (unpaired) electrons. The number of nitrogens with zero attached hydrogens (tertiary/aromatic N) is 6. The van der Waals surface area contributed by atoms with Crippen molar-refractivity contribution in [3.63, 3.8) is 0 Å². The molecule has 11 heteroatoms. The van der Waals surface area contributed by atoms with E-state index >= 15 is 4.39 Å². The molecule has 0 saturated carbocycles. The minimum absolute atomic E-state index is 0.00961. The molecule has 2 aromatic carbocycles. The first-order chi connectivity index (χ1) is 22.4. The average Bonchev–Trinajstić information content (AvgIpc) is 3.65. The number of benzene rings is 2. The predicted octanol–water partition coefficient (Wildman–Crippen LogP) is 4.57. The Morgan fingerprint density at radius 3 is 2.74 bits per heavy atom. The normalized spacial score (nSPS) is 21.4. The number of rotatable bonds is 7. The van der Waals surface area contributed by atoms with E-state index in [0.717, 1.165) is 32.6 Å². The average molecular weight is 625 g/mol. The standard InChI is InChI=1S/C35H34F2N6O3/c1-4-25-28(36)13-10-21-7-5-8-26(30(21)25)32-31(37)33-27(17-38-32)34(40-35(39-33)45-3)41(2)22-14-16-42(18-22)29(44)9-6-15-43-23-11-12-24(43)20-46-19-23/h1,5-10,13,17,22-24H,11-12,14-16,18-20H2,2-3H3/b9-6+/t22?,23-,24?/m1/s1. The van der Waals surface area contributed by atoms with Crippen molar-refractivity contribution < 1.29 is 23.0 Å². The summed E-state index contributed by atoms with van der Waals surface area (Å²) < 4.78 is 42.1. The van der Waals surface area contributed by atoms with Gasteiger partial charge in [0.25, 0.3) is 0 Å². The monoisotopic (exact) mass is 624 g/mol. The second-order valence-electron chi connectivity index (χ2n) is 12.0. The maximum absolute atomic E-state index is 16.4. The van der Waals surface area contributed by atoms with Gasteiger partial charge >= 0.3 is 6.01 Å². The van der Waals surface area contributed by atoms with Crippen LogP contribution in [0.4, 0.5) is 14.6 Å². The van der Waals surface area contributed by atoms with Crippen molar-refractivity contribution in [2.75, 3.05) is 51.9 Å². The molecule has 2 aromatic heterocycles. The Labute approximate surface area is 265 Å². The van der Waals surface area contributed by atoms with Gasteiger partial charge in [-0.1, -0.05) is 36.3 Å². The number of hydrogen-bond donors (Lipinski definition) is 0. The highest BCUT2D eigenvalue weighted by molar-refractivity contribution is 6.02. The largest absolute Gasteiger partial charge is 0.467 e. The Kier molecular flexibility index (Phi) is 8.01. The maximum Gasteiger partial charge on any atom is 0.318 e. The highest BCUT2D eigenvalue weighted by atomic mass is 19.1. The van der Waals surface area contributed by atoms with Crippen LogP contribution in [0.2, 0.25) is 0 Å². The van der Waals surface area contributed by atoms with Gasteiger partial charge in [0.05, 0.1) is 31.3 Å². The molecule has 3 atom stereocenters. The van der Waals surface area contributed by atoms with Gasteiger partial charge in [0.1, 0.15) is 22.8 Å². The lowest BCUT2D eigenvalue weighted by atomic mass is 9.96. The van der Waals surface area contributed by atoms with Gasteiger partial charge in [0.2, 0.25) is 5.91 Å². The Balaban J connectivity index is 1.15. The van der Waals surface area contributed by atoms with E-state index in [4.69, 9.17) is 15.9 Å². The number of terminal acetylenes is 1. The molecule has 0 spiro atoms. The molecule has 9 nitrogen and oxygen atoms in total. The third-order valence-electron chi connectivity index (χ3n) is 9.55. The molecular formula is C35H34F2N6O3. The number of aromatic nitrogens is 3. The summed E-state index contributed by atoms with van der Waals surface area (Å²) in [4.78, 5) is 32.7. The summed E-state index contributed by atoms with van der Waals surface area (Å²) in [6.45, 7) is 3.34. The van der Waals surface area contributed by atoms with Gasteiger partial charge < -0.3 is 19.3 Å². The number of anilines is 1. The fourth-order valence-electron chi connectivity index (χ4n) is 7.08. The molecule has 0 aliphatic carbocycles. The van der Waals surface area contributed by atoms with Crippen LogP contribution in [0.25, 0.3) is 32.9 Å². The number of morpholine rings is 1. The molecule has 1 amide bonds. The molecule has 3 saturated heterocycles. The summed E-state index contributed by atoms with van der Waals surface area (Å²) in [5.74, 6) is 1.54. The molecule has 2 bridgehead atoms. The predicted molar refractivity (Wildman–Crippen MR) is 172 cm³/mol. The van der Waals surface area contributed by atoms with Gasteiger partial charge in [-0.2, -0.15) is 9.97 Å². The first-order valence-corrected chi connectivity index (χ1v) is 15.5. The molecule has 4 aromatic rings. The highest BCUT2D eigenvalue weighted by Gasteiger charge is 2.36. The summed E-state index contributed by atoms with van der Waals surface area (Å²) in [5.41, 5.74) is 0.402. The third-order valence-corrected chi connectivity index (χ3v) is 9.55. The minimum atomic E-state index is -0.699. The molecule has 3 aliphatic rings. The number of ether oxygens (including phenoxy) is 2. The molecule has 3 aliphatic heterocycles. The summed E-state index contributed by atoms with van der Waals surface area (Å²) in [6.07, 6.45) is 13.8. The van der Waals surface area contributed by atoms with Crippen molar-refractivity contribution in [1.29, 1.82) is 0 Å². The van der Waals surface area contributed by atoms with Crippen LogP contribution < -0.4 is 9.64 Å². The van der Waals surface area contributed by atoms with Crippen molar-refractivity contribution in [2.24, 2.45) is 0 Å². The van der Waals surface area contributed by atoms with Gasteiger partial charge in [0, 0.05) is 68.0 Å². The topological polar surface area (TPSA) is 83.9 Å². The maximum atomic E-state index is 16.4. The second-order valence-corrected chi connectivity index (χ2v) is 12.0. The number of halogens is 2. The van der Waals surface area contributed by atoms with Crippen LogP contribution in [0, 0.1) is 24.0 Å². The first-order valence-electron chi connectivity index (χ1n) is 15.5. The molecule has 7 rings (SSSR count). The Bertz CT molecular complexity index is 1890. The second kappa shape index (κ2) is 12.3. The summed E-state index contributed by atoms with van der Waals surface area (Å²) >= 11 is 0. The number of carbonyl (C=O) groups excluding carboxylic acids is 1. The fraction of sp³-hybridized carbons (Fsp3) is 0.371. The van der Waals surface area contributed by atoms with Gasteiger partial charge in [-0.15, -0.1) is 6.42 Å². The van der Waals surface area contributed by atoms with Crippen molar-refractivity contribution in [3.8, 4) is 29.6 Å². The van der Waals surface area contributed by atoms with Crippen molar-refractivity contribution in [3.05, 3.63) is 65.9 Å². The Hall–Kier alpha value is -4.66. The van der Waals surface area contributed by atoms with Crippen molar-refractivity contribution in [1.82, 2.24) is 24.8 Å². The Morgan fingerprint density at radius 2 is 1.98 bits per heavy atom. The van der Waals surface area contributed by atoms with Crippen LogP contribution in [-0.4, -0.2) is 95.8 Å². The first kappa shape index (κ1) is 30.0. The van der Waals surface area contributed by atoms with Crippen LogP contribution in [0.15, 0.2) is 48.7 Å². The number of amides is 1. The fourth-order valence-corrected chi connectivity index (χ4v) is 7.08. The summed E-state index contributed by atoms with van der Waals surface area (Å²) in [5, 5.41) is 1.45. The van der Waals surface area contributed by atoms with E-state index in [1.165, 1.54) is 19.4 Å². The van der Waals surface area contributed by atoms with Crippen molar-refractivity contribution >= 4 is 33.4 Å². The molecule has 0 N–H and O–H groups in total. The van der Waals surface area contributed by atoms with Gasteiger partial charge in [-0.05, 0) is 30.7 Å². The number of likely N-dealkylation sites (N-methyl/N-ethyl adjacent to an activating group) is 1. The molecule has 3 fully saturated rings. The molecule has 236 valence electrons. The van der Waals surface area contributed by atoms with Gasteiger partial charge in [-0.3, -0.25) is 14.7 Å². The molecule has 2 unspecified atom stereocenters. The number of likely N-dealkylation sites (tertiary alicyclic amines) is 1. The van der Waals surface area contributed by atoms with Gasteiger partial charge in [-0.25, -0.2) is 8.78 Å². The summed E-state index contributed by atoms with van der Waals surface area (Å²) in [6, 6.07) is 8.89. The van der Waals surface area contributed by atoms with Crippen LogP contribution >= 0.6 is 0 Å². The lowest BCUT2D eigenvalue weighted by Gasteiger charge is -2.33. The van der Waals surface area contributed by atoms with Crippen molar-refractivity contribution in [2.45, 2.75) is 37.4 Å². The number of pyridine rings is 1. The number of hydrogen-bond acceptors (Lipinski definition) is 8. The highest BCUT2D eigenvalue weighted by Crippen LogP contribution is 2.37. The summed E-state index contributed by atoms with van der Waals surface area (Å²) in [7, 11) is 3.28. The van der Waals surface area contributed by atoms with E-state index in [2.05, 4.69) is 25.8 Å². The van der Waals surface area contributed by atoms with E-state index < -0.39 is 11.6 Å². The zero-order valence-corrected chi connectivity index (χ0v) is 25.7. The lowest BCUT2D eigenvalue weighted by Crippen LogP contribution is -2.45. The molecule has 46 heavy (non-hydrogen) atoms. The van der Waals surface area contributed by atoms with E-state index in [0.29, 0.717) is 59.1 Å². The lowest BCUT2D eigenvalue weighted by molar-refractivity contribution is -0.125. The number of carbonyl (C=O) groups is 1. The smallest absolute Gasteiger partial charge is 0.318 e. The number of methoxy groups -OCH3 is 1. The van der Waals surface area contributed by atoms with Crippen LogP contribution in [0.5, 0.6) is 6.01 Å². The van der Waals surface area contributed by atoms with Crippen LogP contribution in [0.3, 0.4) is 0 Å². The van der Waals surface area contributed by atoms with E-state index in [9.17, 15) is 9.18 Å². The third kappa shape index (κ3) is 5.21. The zero-order chi connectivity index (χ0) is 31.9. The quantitative estimate of drug-likeness (QED) is 0.219. The van der Waals surface area contributed by atoms with E-state index in [1.807, 2.05) is 22.9 Å². The zero-order valence-electron chi connectivity index (χ0n) is 25.7.